The molecule has 162 valence electrons. The third kappa shape index (κ3) is 5.83. The largest absolute Gasteiger partial charge is 0.550 e. The lowest BCUT2D eigenvalue weighted by molar-refractivity contribution is -0.305. The first-order valence-corrected chi connectivity index (χ1v) is 11.0. The minimum absolute atomic E-state index is 0.0114. The van der Waals surface area contributed by atoms with Gasteiger partial charge < -0.3 is 24.1 Å². The molecule has 12 heteroatoms. The molecule has 1 saturated heterocycles. The Morgan fingerprint density at radius 1 is 1.23 bits per heavy atom. The highest BCUT2D eigenvalue weighted by Crippen LogP contribution is 2.30. The molecule has 31 heavy (non-hydrogen) atoms. The fourth-order valence-electron chi connectivity index (χ4n) is 2.48. The average Bonchev–Trinajstić information content (AvgIpc) is 3.07. The van der Waals surface area contributed by atoms with Gasteiger partial charge in [-0.1, -0.05) is 30.0 Å². The van der Waals surface area contributed by atoms with Crippen molar-refractivity contribution in [1.29, 1.82) is 0 Å². The predicted octanol–water partition coefficient (Wildman–Crippen LogP) is 0.524. The molecule has 1 amide bonds. The van der Waals surface area contributed by atoms with Gasteiger partial charge in [0.2, 0.25) is 5.91 Å². The summed E-state index contributed by atoms with van der Waals surface area (Å²) in [7, 11) is -2.70. The summed E-state index contributed by atoms with van der Waals surface area (Å²) in [5, 5.41) is 20.0. The standard InChI is InChI=1S/C19H17N3O7S2/c1-28-14-8-7-12(9-15(14)29-31(26,27)13-5-3-2-4-6-13)11-20-22-19-21-18(25)16(30-19)10-17(23)24/h2-9,11,16H,10H2,1H3,(H,23,24)(H,21,22,25)/p-1/b20-11-/t16-/m1/s1. The number of hydrogen-bond donors (Lipinski definition) is 1. The number of thioether (sulfide) groups is 1. The Hall–Kier alpha value is -3.38. The molecule has 1 fully saturated rings. The number of hydrogen-bond acceptors (Lipinski definition) is 10. The van der Waals surface area contributed by atoms with E-state index in [0.717, 1.165) is 11.8 Å². The van der Waals surface area contributed by atoms with Crippen molar-refractivity contribution in [3.63, 3.8) is 0 Å². The van der Waals surface area contributed by atoms with Gasteiger partial charge in [0.05, 0.1) is 18.6 Å². The second-order valence-corrected chi connectivity index (χ2v) is 8.82. The molecule has 0 unspecified atom stereocenters. The number of nitrogens with one attached hydrogen (secondary N) is 1. The number of amidine groups is 1. The second-order valence-electron chi connectivity index (χ2n) is 6.08. The molecule has 1 atom stereocenters. The highest BCUT2D eigenvalue weighted by molar-refractivity contribution is 8.15. The molecule has 3 rings (SSSR count). The number of carboxylic acid groups (broad SMARTS) is 1. The Bertz CT molecular complexity index is 1150. The van der Waals surface area contributed by atoms with Gasteiger partial charge in [-0.2, -0.15) is 13.5 Å². The first-order chi connectivity index (χ1) is 14.8. The van der Waals surface area contributed by atoms with E-state index in [-0.39, 0.29) is 21.6 Å². The highest BCUT2D eigenvalue weighted by Gasteiger charge is 2.30. The van der Waals surface area contributed by atoms with Gasteiger partial charge in [-0.3, -0.25) is 4.79 Å². The molecule has 0 saturated carbocycles. The van der Waals surface area contributed by atoms with Crippen molar-refractivity contribution in [3.8, 4) is 11.5 Å². The zero-order valence-electron chi connectivity index (χ0n) is 16.0. The van der Waals surface area contributed by atoms with Crippen LogP contribution < -0.4 is 19.3 Å². The van der Waals surface area contributed by atoms with E-state index in [4.69, 9.17) is 8.92 Å². The van der Waals surface area contributed by atoms with E-state index in [0.29, 0.717) is 5.56 Å². The van der Waals surface area contributed by atoms with E-state index in [1.165, 1.54) is 37.6 Å². The maximum absolute atomic E-state index is 12.5. The third-order valence-corrected chi connectivity index (χ3v) is 6.22. The summed E-state index contributed by atoms with van der Waals surface area (Å²) in [6, 6.07) is 12.2. The summed E-state index contributed by atoms with van der Waals surface area (Å²) >= 11 is 0.928. The molecule has 10 nitrogen and oxygen atoms in total. The zero-order chi connectivity index (χ0) is 22.4. The third-order valence-electron chi connectivity index (χ3n) is 3.90. The SMILES string of the molecule is COc1ccc(/C=N\N=C2\NC(=O)[C@@H](CC(=O)[O-])S2)cc1OS(=O)(=O)c1ccccc1. The predicted molar refractivity (Wildman–Crippen MR) is 111 cm³/mol. The number of nitrogens with zero attached hydrogens (tertiary/aromatic N) is 2. The van der Waals surface area contributed by atoms with Crippen molar-refractivity contribution in [3.05, 3.63) is 54.1 Å². The van der Waals surface area contributed by atoms with E-state index in [9.17, 15) is 23.1 Å². The molecule has 2 aromatic carbocycles. The van der Waals surface area contributed by atoms with Gasteiger partial charge in [0.15, 0.2) is 16.7 Å². The summed E-state index contributed by atoms with van der Waals surface area (Å²) in [6.45, 7) is 0. The second kappa shape index (κ2) is 9.62. The van der Waals surface area contributed by atoms with Gasteiger partial charge in [0, 0.05) is 12.4 Å². The van der Waals surface area contributed by atoms with Crippen molar-refractivity contribution >= 4 is 45.1 Å². The molecule has 1 heterocycles. The van der Waals surface area contributed by atoms with Crippen LogP contribution in [0.5, 0.6) is 11.5 Å². The Morgan fingerprint density at radius 2 is 1.97 bits per heavy atom. The number of ether oxygens (including phenoxy) is 1. The number of carbonyl (C=O) groups excluding carboxylic acids is 2. The highest BCUT2D eigenvalue weighted by atomic mass is 32.2. The molecule has 0 radical (unpaired) electrons. The summed E-state index contributed by atoms with van der Waals surface area (Å²) in [5.74, 6) is -1.67. The summed E-state index contributed by atoms with van der Waals surface area (Å²) in [4.78, 5) is 22.3. The first kappa shape index (κ1) is 22.3. The summed E-state index contributed by atoms with van der Waals surface area (Å²) < 4.78 is 35.3. The Labute approximate surface area is 182 Å². The van der Waals surface area contributed by atoms with E-state index >= 15 is 0 Å². The fourth-order valence-corrected chi connectivity index (χ4v) is 4.34. The minimum Gasteiger partial charge on any atom is -0.550 e. The van der Waals surface area contributed by atoms with E-state index < -0.39 is 33.7 Å². The molecule has 1 N–H and O–H groups in total. The number of rotatable bonds is 8. The lowest BCUT2D eigenvalue weighted by atomic mass is 10.2. The van der Waals surface area contributed by atoms with Crippen molar-refractivity contribution < 1.29 is 32.0 Å². The average molecular weight is 462 g/mol. The molecule has 1 aliphatic rings. The monoisotopic (exact) mass is 462 g/mol. The van der Waals surface area contributed by atoms with E-state index in [2.05, 4.69) is 15.5 Å². The molecular weight excluding hydrogens is 446 g/mol. The molecule has 0 bridgehead atoms. The van der Waals surface area contributed by atoms with Gasteiger partial charge in [-0.25, -0.2) is 0 Å². The number of aliphatic carboxylic acids is 1. The van der Waals surface area contributed by atoms with Gasteiger partial charge in [0.25, 0.3) is 0 Å². The number of amides is 1. The number of carboxylic acids is 1. The number of carbonyl (C=O) groups is 2. The number of benzene rings is 2. The smallest absolute Gasteiger partial charge is 0.339 e. The van der Waals surface area contributed by atoms with Crippen LogP contribution in [0.3, 0.4) is 0 Å². The van der Waals surface area contributed by atoms with Crippen LogP contribution in [0, 0.1) is 0 Å². The summed E-state index contributed by atoms with van der Waals surface area (Å²) in [6.07, 6.45) is 0.877. The fraction of sp³-hybridized carbons (Fsp3) is 0.158. The molecular formula is C19H16N3O7S2-. The first-order valence-electron chi connectivity index (χ1n) is 8.74. The molecule has 2 aromatic rings. The molecule has 1 aliphatic heterocycles. The van der Waals surface area contributed by atoms with Crippen molar-refractivity contribution in [2.75, 3.05) is 7.11 Å². The van der Waals surface area contributed by atoms with Crippen LogP contribution in [0.2, 0.25) is 0 Å². The van der Waals surface area contributed by atoms with Crippen LogP contribution in [-0.4, -0.2) is 44.0 Å². The van der Waals surface area contributed by atoms with Crippen LogP contribution in [0.4, 0.5) is 0 Å². The summed E-state index contributed by atoms with van der Waals surface area (Å²) in [5.41, 5.74) is 0.448. The van der Waals surface area contributed by atoms with Crippen LogP contribution in [-0.2, 0) is 19.7 Å². The van der Waals surface area contributed by atoms with Crippen molar-refractivity contribution in [1.82, 2.24) is 5.32 Å². The number of methoxy groups -OCH3 is 1. The van der Waals surface area contributed by atoms with Crippen LogP contribution in [0.25, 0.3) is 0 Å². The Kier molecular flexibility index (Phi) is 6.92. The van der Waals surface area contributed by atoms with Crippen LogP contribution >= 0.6 is 11.8 Å². The van der Waals surface area contributed by atoms with Crippen molar-refractivity contribution in [2.24, 2.45) is 10.2 Å². The van der Waals surface area contributed by atoms with Gasteiger partial charge in [-0.15, -0.1) is 5.10 Å². The maximum atomic E-state index is 12.5. The van der Waals surface area contributed by atoms with Gasteiger partial charge in [-0.05, 0) is 35.9 Å². The topological polar surface area (TPSA) is 147 Å². The Morgan fingerprint density at radius 3 is 2.65 bits per heavy atom. The maximum Gasteiger partial charge on any atom is 0.339 e. The van der Waals surface area contributed by atoms with Crippen molar-refractivity contribution in [2.45, 2.75) is 16.6 Å². The molecule has 0 aliphatic carbocycles. The quantitative estimate of drug-likeness (QED) is 0.339. The zero-order valence-corrected chi connectivity index (χ0v) is 17.7. The lowest BCUT2D eigenvalue weighted by Gasteiger charge is -2.11. The normalized spacial score (nSPS) is 17.6. The molecule has 0 aromatic heterocycles. The molecule has 0 spiro atoms. The minimum atomic E-state index is -4.07. The Balaban J connectivity index is 1.76. The van der Waals surface area contributed by atoms with Gasteiger partial charge >= 0.3 is 10.1 Å². The van der Waals surface area contributed by atoms with Crippen LogP contribution in [0.15, 0.2) is 63.6 Å². The van der Waals surface area contributed by atoms with Crippen LogP contribution in [0.1, 0.15) is 12.0 Å². The lowest BCUT2D eigenvalue weighted by Crippen LogP contribution is -2.31. The van der Waals surface area contributed by atoms with E-state index in [1.807, 2.05) is 0 Å². The van der Waals surface area contributed by atoms with E-state index in [1.54, 1.807) is 24.3 Å². The van der Waals surface area contributed by atoms with Gasteiger partial charge in [0.1, 0.15) is 4.90 Å².